The molecule has 0 fully saturated rings. The number of aryl methyl sites for hydroxylation is 1. The molecule has 0 bridgehead atoms. The smallest absolute Gasteiger partial charge is 0.262 e. The molecule has 98 valence electrons. The van der Waals surface area contributed by atoms with E-state index in [0.29, 0.717) is 5.75 Å². The number of anilines is 1. The van der Waals surface area contributed by atoms with E-state index in [1.54, 1.807) is 25.1 Å². The van der Waals surface area contributed by atoms with E-state index < -0.39 is 11.7 Å². The zero-order valence-electron chi connectivity index (χ0n) is 10.5. The second kappa shape index (κ2) is 6.00. The summed E-state index contributed by atoms with van der Waals surface area (Å²) >= 11 is 0. The van der Waals surface area contributed by atoms with Crippen molar-refractivity contribution >= 4 is 11.6 Å². The monoisotopic (exact) mass is 259 g/mol. The van der Waals surface area contributed by atoms with Crippen molar-refractivity contribution in [3.63, 3.8) is 0 Å². The lowest BCUT2D eigenvalue weighted by Gasteiger charge is -2.08. The quantitative estimate of drug-likeness (QED) is 0.916. The van der Waals surface area contributed by atoms with E-state index in [1.165, 1.54) is 12.1 Å². The van der Waals surface area contributed by atoms with E-state index in [1.807, 2.05) is 18.2 Å². The third kappa shape index (κ3) is 3.81. The molecular formula is C15H14FNO2. The molecule has 0 aromatic heterocycles. The fourth-order valence-electron chi connectivity index (χ4n) is 1.57. The minimum absolute atomic E-state index is 0.155. The largest absolute Gasteiger partial charge is 0.484 e. The van der Waals surface area contributed by atoms with Crippen molar-refractivity contribution in [1.82, 2.24) is 0 Å². The zero-order chi connectivity index (χ0) is 13.7. The Bertz CT molecular complexity index is 570. The van der Waals surface area contributed by atoms with Crippen LogP contribution in [0.5, 0.6) is 5.75 Å². The first-order chi connectivity index (χ1) is 9.15. The second-order valence-electron chi connectivity index (χ2n) is 4.13. The molecule has 0 aliphatic heterocycles. The number of carbonyl (C=O) groups is 1. The van der Waals surface area contributed by atoms with Crippen molar-refractivity contribution in [1.29, 1.82) is 0 Å². The van der Waals surface area contributed by atoms with Crippen molar-refractivity contribution in [3.8, 4) is 5.75 Å². The summed E-state index contributed by atoms with van der Waals surface area (Å²) in [4.78, 5) is 11.6. The maximum atomic E-state index is 13.5. The first-order valence-electron chi connectivity index (χ1n) is 5.89. The number of nitrogens with one attached hydrogen (secondary N) is 1. The topological polar surface area (TPSA) is 38.3 Å². The number of hydrogen-bond donors (Lipinski definition) is 1. The van der Waals surface area contributed by atoms with Gasteiger partial charge in [0.05, 0.1) is 5.69 Å². The van der Waals surface area contributed by atoms with E-state index in [2.05, 4.69) is 5.32 Å². The Kier molecular flexibility index (Phi) is 4.13. The van der Waals surface area contributed by atoms with E-state index in [-0.39, 0.29) is 12.3 Å². The average Bonchev–Trinajstić information content (AvgIpc) is 2.41. The first kappa shape index (κ1) is 13.1. The summed E-state index contributed by atoms with van der Waals surface area (Å²) in [5, 5.41) is 2.47. The summed E-state index contributed by atoms with van der Waals surface area (Å²) in [6.45, 7) is 1.63. The molecule has 2 rings (SSSR count). The predicted molar refractivity (Wildman–Crippen MR) is 71.7 cm³/mol. The van der Waals surface area contributed by atoms with Crippen LogP contribution in [0.4, 0.5) is 10.1 Å². The highest BCUT2D eigenvalue weighted by atomic mass is 19.1. The van der Waals surface area contributed by atoms with Gasteiger partial charge in [-0.2, -0.15) is 0 Å². The summed E-state index contributed by atoms with van der Waals surface area (Å²) in [7, 11) is 0. The number of para-hydroxylation sites is 1. The molecule has 0 saturated carbocycles. The first-order valence-corrected chi connectivity index (χ1v) is 5.89. The molecule has 0 spiro atoms. The Morgan fingerprint density at radius 2 is 1.95 bits per heavy atom. The van der Waals surface area contributed by atoms with Gasteiger partial charge in [0.2, 0.25) is 0 Å². The van der Waals surface area contributed by atoms with Gasteiger partial charge in [0.25, 0.3) is 5.91 Å². The molecule has 19 heavy (non-hydrogen) atoms. The maximum absolute atomic E-state index is 13.5. The van der Waals surface area contributed by atoms with Crippen LogP contribution in [0.3, 0.4) is 0 Å². The summed E-state index contributed by atoms with van der Waals surface area (Å²) in [6, 6.07) is 13.6. The van der Waals surface area contributed by atoms with Gasteiger partial charge < -0.3 is 10.1 Å². The van der Waals surface area contributed by atoms with Crippen LogP contribution in [0.15, 0.2) is 48.5 Å². The molecule has 0 heterocycles. The number of halogens is 1. The van der Waals surface area contributed by atoms with Gasteiger partial charge in [-0.3, -0.25) is 4.79 Å². The minimum atomic E-state index is -0.451. The highest BCUT2D eigenvalue weighted by Crippen LogP contribution is 2.15. The number of rotatable bonds is 4. The summed E-state index contributed by atoms with van der Waals surface area (Å²) in [5.74, 6) is -0.248. The number of hydrogen-bond acceptors (Lipinski definition) is 2. The maximum Gasteiger partial charge on any atom is 0.262 e. The summed E-state index contributed by atoms with van der Waals surface area (Å²) in [6.07, 6.45) is 0. The molecule has 0 aliphatic carbocycles. The molecule has 2 aromatic rings. The van der Waals surface area contributed by atoms with Crippen LogP contribution in [-0.2, 0) is 4.79 Å². The fraction of sp³-hybridized carbons (Fsp3) is 0.133. The summed E-state index contributed by atoms with van der Waals surface area (Å²) in [5.41, 5.74) is 0.961. The number of benzene rings is 2. The molecule has 0 aliphatic rings. The van der Waals surface area contributed by atoms with Crippen molar-refractivity contribution in [2.75, 3.05) is 11.9 Å². The molecule has 1 amide bonds. The Labute approximate surface area is 111 Å². The van der Waals surface area contributed by atoms with Crippen LogP contribution in [0.2, 0.25) is 0 Å². The molecule has 0 radical (unpaired) electrons. The number of ether oxygens (including phenoxy) is 1. The Balaban J connectivity index is 1.91. The molecule has 2 aromatic carbocycles. The fourth-order valence-corrected chi connectivity index (χ4v) is 1.57. The van der Waals surface area contributed by atoms with E-state index in [9.17, 15) is 9.18 Å². The van der Waals surface area contributed by atoms with Gasteiger partial charge in [-0.25, -0.2) is 4.39 Å². The average molecular weight is 259 g/mol. The van der Waals surface area contributed by atoms with Crippen LogP contribution in [0.1, 0.15) is 5.56 Å². The SMILES string of the molecule is Cc1ccc(NC(=O)COc2ccccc2)c(F)c1. The van der Waals surface area contributed by atoms with Gasteiger partial charge in [-0.15, -0.1) is 0 Å². The molecule has 4 heteroatoms. The minimum Gasteiger partial charge on any atom is -0.484 e. The molecule has 3 nitrogen and oxygen atoms in total. The lowest BCUT2D eigenvalue weighted by molar-refractivity contribution is -0.118. The van der Waals surface area contributed by atoms with Gasteiger partial charge in [-0.05, 0) is 36.8 Å². The Hall–Kier alpha value is -2.36. The van der Waals surface area contributed by atoms with Crippen LogP contribution in [0, 0.1) is 12.7 Å². The standard InChI is InChI=1S/C15H14FNO2/c1-11-7-8-14(13(16)9-11)17-15(18)10-19-12-5-3-2-4-6-12/h2-9H,10H2,1H3,(H,17,18). The van der Waals surface area contributed by atoms with E-state index in [0.717, 1.165) is 5.56 Å². The van der Waals surface area contributed by atoms with Crippen LogP contribution in [0.25, 0.3) is 0 Å². The molecular weight excluding hydrogens is 245 g/mol. The van der Waals surface area contributed by atoms with Gasteiger partial charge in [0.15, 0.2) is 6.61 Å². The van der Waals surface area contributed by atoms with Gasteiger partial charge in [0.1, 0.15) is 11.6 Å². The van der Waals surface area contributed by atoms with Crippen molar-refractivity contribution in [3.05, 3.63) is 59.9 Å². The normalized spacial score (nSPS) is 10.0. The second-order valence-corrected chi connectivity index (χ2v) is 4.13. The van der Waals surface area contributed by atoms with Crippen LogP contribution >= 0.6 is 0 Å². The predicted octanol–water partition coefficient (Wildman–Crippen LogP) is 3.15. The number of carbonyl (C=O) groups excluding carboxylic acids is 1. The van der Waals surface area contributed by atoms with Gasteiger partial charge in [-0.1, -0.05) is 24.3 Å². The third-order valence-corrected chi connectivity index (χ3v) is 2.51. The lowest BCUT2D eigenvalue weighted by Crippen LogP contribution is -2.20. The Morgan fingerprint density at radius 3 is 2.63 bits per heavy atom. The zero-order valence-corrected chi connectivity index (χ0v) is 10.5. The van der Waals surface area contributed by atoms with Crippen LogP contribution in [-0.4, -0.2) is 12.5 Å². The third-order valence-electron chi connectivity index (χ3n) is 2.51. The van der Waals surface area contributed by atoms with Crippen LogP contribution < -0.4 is 10.1 Å². The van der Waals surface area contributed by atoms with Gasteiger partial charge in [0, 0.05) is 0 Å². The molecule has 0 unspecified atom stereocenters. The van der Waals surface area contributed by atoms with Crippen molar-refractivity contribution < 1.29 is 13.9 Å². The summed E-state index contributed by atoms with van der Waals surface area (Å²) < 4.78 is 18.8. The van der Waals surface area contributed by atoms with Crippen molar-refractivity contribution in [2.45, 2.75) is 6.92 Å². The van der Waals surface area contributed by atoms with E-state index >= 15 is 0 Å². The molecule has 0 atom stereocenters. The van der Waals surface area contributed by atoms with E-state index in [4.69, 9.17) is 4.74 Å². The lowest BCUT2D eigenvalue weighted by atomic mass is 10.2. The molecule has 1 N–H and O–H groups in total. The highest BCUT2D eigenvalue weighted by molar-refractivity contribution is 5.92. The van der Waals surface area contributed by atoms with Gasteiger partial charge >= 0.3 is 0 Å². The number of amides is 1. The highest BCUT2D eigenvalue weighted by Gasteiger charge is 2.07. The molecule has 0 saturated heterocycles. The Morgan fingerprint density at radius 1 is 1.21 bits per heavy atom. The van der Waals surface area contributed by atoms with Crippen molar-refractivity contribution in [2.24, 2.45) is 0 Å².